The third-order valence-electron chi connectivity index (χ3n) is 7.94. The fourth-order valence-corrected chi connectivity index (χ4v) is 6.23. The number of hydrogen-bond donors (Lipinski definition) is 3. The third kappa shape index (κ3) is 3.53. The van der Waals surface area contributed by atoms with E-state index < -0.39 is 5.91 Å². The smallest absolute Gasteiger partial charge is 0.257 e. The van der Waals surface area contributed by atoms with Gasteiger partial charge in [-0.25, -0.2) is 4.68 Å². The van der Waals surface area contributed by atoms with Crippen molar-refractivity contribution in [1.82, 2.24) is 20.3 Å². The molecule has 0 spiro atoms. The number of carbonyl (C=O) groups excluding carboxylic acids is 1. The molecule has 1 fully saturated rings. The van der Waals surface area contributed by atoms with Crippen molar-refractivity contribution in [2.24, 2.45) is 0 Å². The van der Waals surface area contributed by atoms with Crippen molar-refractivity contribution in [2.75, 3.05) is 6.54 Å². The van der Waals surface area contributed by atoms with Gasteiger partial charge in [0.15, 0.2) is 0 Å². The van der Waals surface area contributed by atoms with Crippen molar-refractivity contribution >= 4 is 16.9 Å². The number of rotatable bonds is 6. The van der Waals surface area contributed by atoms with Crippen molar-refractivity contribution in [1.29, 1.82) is 0 Å². The molecule has 184 valence electrons. The number of fused-ring (bicyclic) bond motifs is 6. The maximum atomic E-state index is 13.6. The second-order valence-corrected chi connectivity index (χ2v) is 10.2. The van der Waals surface area contributed by atoms with Crippen LogP contribution in [0, 0.1) is 13.8 Å². The molecule has 2 aliphatic rings. The number of benzene rings is 3. The molecule has 3 aromatic carbocycles. The fourth-order valence-electron chi connectivity index (χ4n) is 6.23. The van der Waals surface area contributed by atoms with E-state index in [-0.39, 0.29) is 34.6 Å². The van der Waals surface area contributed by atoms with Gasteiger partial charge in [-0.15, -0.1) is 5.10 Å². The Balaban J connectivity index is 1.35. The number of nitrogens with zero attached hydrogens (tertiary/aromatic N) is 3. The zero-order valence-corrected chi connectivity index (χ0v) is 20.6. The van der Waals surface area contributed by atoms with Crippen LogP contribution in [0.15, 0.2) is 42.5 Å². The molecule has 2 unspecified atom stereocenters. The highest BCUT2D eigenvalue weighted by atomic mass is 16.3. The molecule has 4 aromatic rings. The number of para-hydroxylation sites is 1. The van der Waals surface area contributed by atoms with Crippen LogP contribution in [0.3, 0.4) is 0 Å². The van der Waals surface area contributed by atoms with Crippen molar-refractivity contribution in [3.8, 4) is 17.2 Å². The van der Waals surface area contributed by atoms with Gasteiger partial charge in [0.1, 0.15) is 28.3 Å². The first kappa shape index (κ1) is 22.6. The van der Waals surface area contributed by atoms with Gasteiger partial charge in [0.05, 0.1) is 5.52 Å². The lowest BCUT2D eigenvalue weighted by atomic mass is 9.87. The Hall–Kier alpha value is -3.87. The molecule has 2 atom stereocenters. The molecule has 6 rings (SSSR count). The van der Waals surface area contributed by atoms with E-state index in [9.17, 15) is 15.0 Å². The molecule has 1 amide bonds. The molecule has 1 heterocycles. The number of nitrogens with one attached hydrogen (secondary N) is 1. The molecule has 0 saturated heterocycles. The lowest BCUT2D eigenvalue weighted by molar-refractivity contribution is 0.0949. The Labute approximate surface area is 209 Å². The molecule has 0 radical (unpaired) electrons. The van der Waals surface area contributed by atoms with E-state index in [1.165, 1.54) is 21.4 Å². The molecular weight excluding hydrogens is 452 g/mol. The maximum absolute atomic E-state index is 13.6. The van der Waals surface area contributed by atoms with E-state index in [1.807, 2.05) is 24.3 Å². The van der Waals surface area contributed by atoms with Gasteiger partial charge in [0, 0.05) is 17.7 Å². The molecule has 2 aliphatic carbocycles. The average Bonchev–Trinajstić information content (AvgIpc) is 3.60. The summed E-state index contributed by atoms with van der Waals surface area (Å²) >= 11 is 0. The van der Waals surface area contributed by atoms with Crippen LogP contribution in [0.5, 0.6) is 11.5 Å². The SMILES string of the molecule is Cc1ccc(CCCNC(=O)c2c(O)c3c(c(O)c2-n2nnc4ccccc42)C2CCC3C2)c(C)c1. The Bertz CT molecular complexity index is 1510. The lowest BCUT2D eigenvalue weighted by Gasteiger charge is -2.23. The summed E-state index contributed by atoms with van der Waals surface area (Å²) in [5.41, 5.74) is 6.84. The van der Waals surface area contributed by atoms with Gasteiger partial charge in [0.25, 0.3) is 5.91 Å². The first-order valence-electron chi connectivity index (χ1n) is 12.7. The van der Waals surface area contributed by atoms with E-state index in [0.717, 1.165) is 43.2 Å². The summed E-state index contributed by atoms with van der Waals surface area (Å²) in [5.74, 6) is -0.0427. The number of amides is 1. The predicted octanol–water partition coefficient (Wildman–Crippen LogP) is 5.18. The zero-order valence-electron chi connectivity index (χ0n) is 20.6. The molecule has 2 bridgehead atoms. The van der Waals surface area contributed by atoms with Crippen molar-refractivity contribution < 1.29 is 15.0 Å². The van der Waals surface area contributed by atoms with Crippen LogP contribution in [0.4, 0.5) is 0 Å². The van der Waals surface area contributed by atoms with E-state index in [1.54, 1.807) is 0 Å². The highest BCUT2D eigenvalue weighted by molar-refractivity contribution is 6.03. The number of hydrogen-bond acceptors (Lipinski definition) is 5. The van der Waals surface area contributed by atoms with E-state index >= 15 is 0 Å². The maximum Gasteiger partial charge on any atom is 0.257 e. The van der Waals surface area contributed by atoms with Crippen LogP contribution in [0.1, 0.15) is 75.7 Å². The number of carbonyl (C=O) groups is 1. The number of aromatic hydroxyl groups is 2. The minimum absolute atomic E-state index is 0.0311. The van der Waals surface area contributed by atoms with E-state index in [2.05, 4.69) is 47.7 Å². The van der Waals surface area contributed by atoms with Crippen LogP contribution < -0.4 is 5.32 Å². The summed E-state index contributed by atoms with van der Waals surface area (Å²) in [5, 5.41) is 34.4. The molecule has 1 aromatic heterocycles. The van der Waals surface area contributed by atoms with Gasteiger partial charge in [-0.1, -0.05) is 41.1 Å². The summed E-state index contributed by atoms with van der Waals surface area (Å²) in [6.45, 7) is 4.64. The minimum atomic E-state index is -0.413. The van der Waals surface area contributed by atoms with Gasteiger partial charge in [0.2, 0.25) is 0 Å². The Morgan fingerprint density at radius 2 is 1.81 bits per heavy atom. The molecule has 1 saturated carbocycles. The highest BCUT2D eigenvalue weighted by Crippen LogP contribution is 2.60. The fraction of sp³-hybridized carbons (Fsp3) is 0.345. The summed E-state index contributed by atoms with van der Waals surface area (Å²) < 4.78 is 1.49. The van der Waals surface area contributed by atoms with E-state index in [0.29, 0.717) is 17.6 Å². The number of aromatic nitrogens is 3. The van der Waals surface area contributed by atoms with Gasteiger partial charge >= 0.3 is 0 Å². The second-order valence-electron chi connectivity index (χ2n) is 10.2. The Morgan fingerprint density at radius 1 is 1.06 bits per heavy atom. The van der Waals surface area contributed by atoms with Crippen molar-refractivity contribution in [2.45, 2.75) is 57.8 Å². The topological polar surface area (TPSA) is 100 Å². The molecule has 36 heavy (non-hydrogen) atoms. The van der Waals surface area contributed by atoms with Crippen LogP contribution in [-0.4, -0.2) is 37.7 Å². The standard InChI is InChI=1S/C29H30N4O3/c1-16-9-10-18(17(2)14-16)6-5-13-30-29(36)25-26(33-22-8-4-3-7-21(22)31-32-33)28(35)24-20-12-11-19(15-20)23(24)27(25)34/h3-4,7-10,14,19-20,34-35H,5-6,11-13,15H2,1-2H3,(H,30,36). The van der Waals surface area contributed by atoms with Crippen molar-refractivity contribution in [3.63, 3.8) is 0 Å². The van der Waals surface area contributed by atoms with E-state index in [4.69, 9.17) is 0 Å². The molecule has 0 aliphatic heterocycles. The predicted molar refractivity (Wildman–Crippen MR) is 138 cm³/mol. The van der Waals surface area contributed by atoms with Crippen LogP contribution >= 0.6 is 0 Å². The van der Waals surface area contributed by atoms with Crippen molar-refractivity contribution in [3.05, 3.63) is 75.8 Å². The monoisotopic (exact) mass is 482 g/mol. The van der Waals surface area contributed by atoms with Gasteiger partial charge in [-0.05, 0) is 81.0 Å². The Morgan fingerprint density at radius 3 is 2.58 bits per heavy atom. The van der Waals surface area contributed by atoms with Crippen LogP contribution in [0.25, 0.3) is 16.7 Å². The number of aryl methyl sites for hydroxylation is 3. The second kappa shape index (κ2) is 8.66. The van der Waals surface area contributed by atoms with Gasteiger partial charge < -0.3 is 15.5 Å². The summed E-state index contributed by atoms with van der Waals surface area (Å²) in [7, 11) is 0. The van der Waals surface area contributed by atoms with Crippen LogP contribution in [0.2, 0.25) is 0 Å². The minimum Gasteiger partial charge on any atom is -0.507 e. The zero-order chi connectivity index (χ0) is 25.0. The summed E-state index contributed by atoms with van der Waals surface area (Å²) in [6, 6.07) is 13.8. The van der Waals surface area contributed by atoms with Crippen LogP contribution in [-0.2, 0) is 6.42 Å². The summed E-state index contributed by atoms with van der Waals surface area (Å²) in [6.07, 6.45) is 4.45. The molecule has 3 N–H and O–H groups in total. The quantitative estimate of drug-likeness (QED) is 0.260. The first-order chi connectivity index (χ1) is 17.4. The normalized spacial score (nSPS) is 18.1. The third-order valence-corrected chi connectivity index (χ3v) is 7.94. The largest absolute Gasteiger partial charge is 0.507 e. The highest BCUT2D eigenvalue weighted by Gasteiger charge is 2.44. The number of phenols is 2. The first-order valence-corrected chi connectivity index (χ1v) is 12.7. The molecular formula is C29H30N4O3. The lowest BCUT2D eigenvalue weighted by Crippen LogP contribution is -2.27. The molecule has 7 heteroatoms. The van der Waals surface area contributed by atoms with Gasteiger partial charge in [-0.2, -0.15) is 0 Å². The number of phenolic OH excluding ortho intramolecular Hbond substituents is 2. The van der Waals surface area contributed by atoms with Gasteiger partial charge in [-0.3, -0.25) is 4.79 Å². The summed E-state index contributed by atoms with van der Waals surface area (Å²) in [4.78, 5) is 13.6. The Kier molecular flexibility index (Phi) is 5.43. The molecule has 7 nitrogen and oxygen atoms in total. The average molecular weight is 483 g/mol.